The molecule has 0 saturated heterocycles. The van der Waals surface area contributed by atoms with Crippen molar-refractivity contribution in [3.05, 3.63) is 45.7 Å². The first-order valence-electron chi connectivity index (χ1n) is 5.54. The van der Waals surface area contributed by atoms with Crippen LogP contribution >= 0.6 is 15.9 Å². The third-order valence-corrected chi connectivity index (χ3v) is 3.28. The molecule has 0 spiro atoms. The van der Waals surface area contributed by atoms with Crippen LogP contribution in [0.4, 0.5) is 0 Å². The van der Waals surface area contributed by atoms with Crippen molar-refractivity contribution >= 4 is 15.9 Å². The van der Waals surface area contributed by atoms with Crippen LogP contribution in [0.1, 0.15) is 16.8 Å². The number of aryl methyl sites for hydroxylation is 2. The summed E-state index contributed by atoms with van der Waals surface area (Å²) in [7, 11) is 0. The second-order valence-corrected chi connectivity index (χ2v) is 5.00. The number of rotatable bonds is 3. The Morgan fingerprint density at radius 1 is 1.35 bits per heavy atom. The molecule has 17 heavy (non-hydrogen) atoms. The van der Waals surface area contributed by atoms with E-state index < -0.39 is 0 Å². The molecular weight excluding hydrogens is 280 g/mol. The monoisotopic (exact) mass is 294 g/mol. The molecule has 4 heteroatoms. The zero-order valence-electron chi connectivity index (χ0n) is 9.94. The summed E-state index contributed by atoms with van der Waals surface area (Å²) in [5.41, 5.74) is 4.30. The summed E-state index contributed by atoms with van der Waals surface area (Å²) in [4.78, 5) is 0. The summed E-state index contributed by atoms with van der Waals surface area (Å²) in [5.74, 6) is 0. The number of hydrogen-bond donors (Lipinski definition) is 1. The number of benzene rings is 1. The largest absolute Gasteiger partial charge is 0.396 e. The van der Waals surface area contributed by atoms with Gasteiger partial charge < -0.3 is 5.11 Å². The van der Waals surface area contributed by atoms with Crippen LogP contribution in [0.5, 0.6) is 0 Å². The number of halogens is 1. The molecule has 2 rings (SSSR count). The lowest BCUT2D eigenvalue weighted by molar-refractivity contribution is 0.299. The number of hydrogen-bond acceptors (Lipinski definition) is 2. The van der Waals surface area contributed by atoms with Gasteiger partial charge in [0.25, 0.3) is 0 Å². The summed E-state index contributed by atoms with van der Waals surface area (Å²) in [6, 6.07) is 6.11. The summed E-state index contributed by atoms with van der Waals surface area (Å²) >= 11 is 3.45. The highest BCUT2D eigenvalue weighted by atomic mass is 79.9. The van der Waals surface area contributed by atoms with Gasteiger partial charge in [-0.05, 0) is 49.6 Å². The molecule has 0 aliphatic heterocycles. The molecule has 0 fully saturated rings. The van der Waals surface area contributed by atoms with Crippen LogP contribution in [0.2, 0.25) is 0 Å². The molecule has 1 N–H and O–H groups in total. The topological polar surface area (TPSA) is 38.0 Å². The summed E-state index contributed by atoms with van der Waals surface area (Å²) in [6.45, 7) is 4.18. The molecule has 1 heterocycles. The molecule has 2 aromatic rings. The molecule has 0 radical (unpaired) electrons. The van der Waals surface area contributed by atoms with E-state index in [2.05, 4.69) is 34.0 Å². The van der Waals surface area contributed by atoms with E-state index in [-0.39, 0.29) is 6.61 Å². The normalized spacial score (nSPS) is 10.8. The van der Waals surface area contributed by atoms with Gasteiger partial charge in [0.15, 0.2) is 0 Å². The highest BCUT2D eigenvalue weighted by Gasteiger charge is 2.07. The standard InChI is InChI=1S/C13H15BrN2O/c1-9-7-12(14)3-4-13(9)16-8-11(5-6-17)10(2)15-16/h3-4,7-8,17H,5-6H2,1-2H3. The van der Waals surface area contributed by atoms with E-state index in [9.17, 15) is 0 Å². The molecule has 0 saturated carbocycles. The third kappa shape index (κ3) is 2.58. The Kier molecular flexibility index (Phi) is 3.64. The minimum Gasteiger partial charge on any atom is -0.396 e. The molecular formula is C13H15BrN2O. The summed E-state index contributed by atoms with van der Waals surface area (Å²) < 4.78 is 2.94. The Hall–Kier alpha value is -1.13. The fourth-order valence-electron chi connectivity index (χ4n) is 1.86. The summed E-state index contributed by atoms with van der Waals surface area (Å²) in [6.07, 6.45) is 2.64. The van der Waals surface area contributed by atoms with Gasteiger partial charge in [0.1, 0.15) is 0 Å². The van der Waals surface area contributed by atoms with Gasteiger partial charge in [0.2, 0.25) is 0 Å². The van der Waals surface area contributed by atoms with Crippen molar-refractivity contribution in [2.24, 2.45) is 0 Å². The maximum atomic E-state index is 8.97. The van der Waals surface area contributed by atoms with E-state index >= 15 is 0 Å². The zero-order valence-corrected chi connectivity index (χ0v) is 11.5. The minimum atomic E-state index is 0.159. The van der Waals surface area contributed by atoms with E-state index in [0.717, 1.165) is 27.0 Å². The van der Waals surface area contributed by atoms with Crippen molar-refractivity contribution in [3.8, 4) is 5.69 Å². The minimum absolute atomic E-state index is 0.159. The van der Waals surface area contributed by atoms with Gasteiger partial charge in [-0.2, -0.15) is 5.10 Å². The number of aromatic nitrogens is 2. The predicted molar refractivity (Wildman–Crippen MR) is 71.5 cm³/mol. The Morgan fingerprint density at radius 2 is 2.12 bits per heavy atom. The lowest BCUT2D eigenvalue weighted by Gasteiger charge is -2.05. The van der Waals surface area contributed by atoms with Crippen LogP contribution in [-0.4, -0.2) is 21.5 Å². The first-order chi connectivity index (χ1) is 8.11. The molecule has 0 aliphatic carbocycles. The van der Waals surface area contributed by atoms with E-state index in [4.69, 9.17) is 5.11 Å². The molecule has 0 atom stereocenters. The Morgan fingerprint density at radius 3 is 2.76 bits per heavy atom. The van der Waals surface area contributed by atoms with Gasteiger partial charge in [-0.1, -0.05) is 15.9 Å². The Labute approximate surface area is 109 Å². The van der Waals surface area contributed by atoms with Crippen molar-refractivity contribution in [2.45, 2.75) is 20.3 Å². The van der Waals surface area contributed by atoms with Crippen molar-refractivity contribution in [1.29, 1.82) is 0 Å². The zero-order chi connectivity index (χ0) is 12.4. The van der Waals surface area contributed by atoms with Crippen molar-refractivity contribution in [1.82, 2.24) is 9.78 Å². The smallest absolute Gasteiger partial charge is 0.0675 e. The maximum absolute atomic E-state index is 8.97. The molecule has 0 aliphatic rings. The van der Waals surface area contributed by atoms with Crippen LogP contribution in [0.3, 0.4) is 0 Å². The highest BCUT2D eigenvalue weighted by molar-refractivity contribution is 9.10. The van der Waals surface area contributed by atoms with E-state index in [1.807, 2.05) is 29.9 Å². The average molecular weight is 295 g/mol. The van der Waals surface area contributed by atoms with Gasteiger partial charge in [0, 0.05) is 17.3 Å². The van der Waals surface area contributed by atoms with Crippen molar-refractivity contribution in [3.63, 3.8) is 0 Å². The first kappa shape index (κ1) is 12.3. The van der Waals surface area contributed by atoms with Gasteiger partial charge in [-0.3, -0.25) is 0 Å². The van der Waals surface area contributed by atoms with Gasteiger partial charge in [-0.25, -0.2) is 4.68 Å². The van der Waals surface area contributed by atoms with Gasteiger partial charge in [-0.15, -0.1) is 0 Å². The van der Waals surface area contributed by atoms with Crippen molar-refractivity contribution in [2.75, 3.05) is 6.61 Å². The molecule has 1 aromatic heterocycles. The lowest BCUT2D eigenvalue weighted by atomic mass is 10.2. The molecule has 3 nitrogen and oxygen atoms in total. The van der Waals surface area contributed by atoms with Crippen molar-refractivity contribution < 1.29 is 5.11 Å². The van der Waals surface area contributed by atoms with Crippen LogP contribution in [0, 0.1) is 13.8 Å². The third-order valence-electron chi connectivity index (χ3n) is 2.79. The number of aliphatic hydroxyl groups excluding tert-OH is 1. The maximum Gasteiger partial charge on any atom is 0.0675 e. The summed E-state index contributed by atoms with van der Waals surface area (Å²) in [5, 5.41) is 13.5. The fraction of sp³-hybridized carbons (Fsp3) is 0.308. The van der Waals surface area contributed by atoms with Gasteiger partial charge in [0.05, 0.1) is 11.4 Å². The predicted octanol–water partition coefficient (Wildman–Crippen LogP) is 2.79. The fourth-order valence-corrected chi connectivity index (χ4v) is 2.34. The second kappa shape index (κ2) is 5.02. The van der Waals surface area contributed by atoms with E-state index in [1.165, 1.54) is 0 Å². The SMILES string of the molecule is Cc1cc(Br)ccc1-n1cc(CCO)c(C)n1. The quantitative estimate of drug-likeness (QED) is 0.945. The van der Waals surface area contributed by atoms with Crippen LogP contribution in [0.25, 0.3) is 5.69 Å². The average Bonchev–Trinajstić information content (AvgIpc) is 2.60. The first-order valence-corrected chi connectivity index (χ1v) is 6.33. The van der Waals surface area contributed by atoms with Crippen LogP contribution in [-0.2, 0) is 6.42 Å². The lowest BCUT2D eigenvalue weighted by Crippen LogP contribution is -1.97. The molecule has 1 aromatic carbocycles. The Balaban J connectivity index is 2.42. The van der Waals surface area contributed by atoms with Crippen LogP contribution in [0.15, 0.2) is 28.9 Å². The Bertz CT molecular complexity index is 534. The molecule has 0 bridgehead atoms. The van der Waals surface area contributed by atoms with Crippen LogP contribution < -0.4 is 0 Å². The number of aliphatic hydroxyl groups is 1. The second-order valence-electron chi connectivity index (χ2n) is 4.09. The molecule has 0 unspecified atom stereocenters. The van der Waals surface area contributed by atoms with E-state index in [1.54, 1.807) is 0 Å². The number of nitrogens with zero attached hydrogens (tertiary/aromatic N) is 2. The highest BCUT2D eigenvalue weighted by Crippen LogP contribution is 2.20. The molecule has 90 valence electrons. The molecule has 0 amide bonds. The van der Waals surface area contributed by atoms with E-state index in [0.29, 0.717) is 6.42 Å². The van der Waals surface area contributed by atoms with Gasteiger partial charge >= 0.3 is 0 Å².